The summed E-state index contributed by atoms with van der Waals surface area (Å²) in [5.74, 6) is 0. The first-order valence-corrected chi connectivity index (χ1v) is 5.10. The molecule has 0 aliphatic rings. The van der Waals surface area contributed by atoms with Crippen LogP contribution >= 0.6 is 35.4 Å². The average molecular weight is 249 g/mol. The summed E-state index contributed by atoms with van der Waals surface area (Å²) in [6, 6.07) is 5.22. The van der Waals surface area contributed by atoms with Crippen molar-refractivity contribution in [2.24, 2.45) is 0 Å². The van der Waals surface area contributed by atoms with Crippen molar-refractivity contribution in [2.45, 2.75) is 0 Å². The molecule has 0 saturated heterocycles. The third-order valence-corrected chi connectivity index (χ3v) is 2.59. The minimum atomic E-state index is 0.557. The molecule has 1 aromatic carbocycles. The Morgan fingerprint density at radius 3 is 2.50 bits per heavy atom. The third kappa shape index (κ3) is 3.01. The second kappa shape index (κ2) is 4.82. The monoisotopic (exact) mass is 248 g/mol. The molecule has 76 valence electrons. The standard InChI is InChI=1S/C9H10Cl2N2S/c1-13(2)9(14)12-8-4-3-6(10)5-7(8)11/h3-5H,1-2H3,(H,12,14). The minimum Gasteiger partial charge on any atom is -0.355 e. The number of anilines is 1. The summed E-state index contributed by atoms with van der Waals surface area (Å²) >= 11 is 16.8. The van der Waals surface area contributed by atoms with Gasteiger partial charge in [0.1, 0.15) is 0 Å². The average Bonchev–Trinajstić information content (AvgIpc) is 2.09. The zero-order valence-electron chi connectivity index (χ0n) is 7.84. The topological polar surface area (TPSA) is 15.3 Å². The van der Waals surface area contributed by atoms with Gasteiger partial charge in [0.25, 0.3) is 0 Å². The van der Waals surface area contributed by atoms with Gasteiger partial charge < -0.3 is 10.2 Å². The lowest BCUT2D eigenvalue weighted by Gasteiger charge is -2.16. The first-order chi connectivity index (χ1) is 6.50. The Kier molecular flexibility index (Phi) is 3.98. The van der Waals surface area contributed by atoms with Gasteiger partial charge in [-0.15, -0.1) is 0 Å². The smallest absolute Gasteiger partial charge is 0.172 e. The Morgan fingerprint density at radius 2 is 2.00 bits per heavy atom. The summed E-state index contributed by atoms with van der Waals surface area (Å²) in [5.41, 5.74) is 0.759. The van der Waals surface area contributed by atoms with Crippen LogP contribution < -0.4 is 5.32 Å². The van der Waals surface area contributed by atoms with Crippen LogP contribution in [0.3, 0.4) is 0 Å². The molecule has 0 heterocycles. The highest BCUT2D eigenvalue weighted by molar-refractivity contribution is 7.80. The number of rotatable bonds is 1. The molecule has 0 aliphatic heterocycles. The number of hydrogen-bond donors (Lipinski definition) is 1. The lowest BCUT2D eigenvalue weighted by atomic mass is 10.3. The summed E-state index contributed by atoms with van der Waals surface area (Å²) < 4.78 is 0. The van der Waals surface area contributed by atoms with E-state index in [-0.39, 0.29) is 0 Å². The number of halogens is 2. The van der Waals surface area contributed by atoms with Gasteiger partial charge in [0.2, 0.25) is 0 Å². The van der Waals surface area contributed by atoms with Gasteiger partial charge >= 0.3 is 0 Å². The highest BCUT2D eigenvalue weighted by Gasteiger charge is 2.04. The number of nitrogens with one attached hydrogen (secondary N) is 1. The van der Waals surface area contributed by atoms with Crippen molar-refractivity contribution in [1.29, 1.82) is 0 Å². The minimum absolute atomic E-state index is 0.557. The molecule has 0 amide bonds. The van der Waals surface area contributed by atoms with Gasteiger partial charge in [0.05, 0.1) is 10.7 Å². The molecule has 0 bridgehead atoms. The van der Waals surface area contributed by atoms with Crippen molar-refractivity contribution in [3.05, 3.63) is 28.2 Å². The van der Waals surface area contributed by atoms with Crippen LogP contribution in [0.2, 0.25) is 10.0 Å². The Bertz CT molecular complexity index is 353. The predicted molar refractivity (Wildman–Crippen MR) is 66.4 cm³/mol. The van der Waals surface area contributed by atoms with Gasteiger partial charge in [-0.25, -0.2) is 0 Å². The van der Waals surface area contributed by atoms with Crippen molar-refractivity contribution in [3.63, 3.8) is 0 Å². The molecule has 0 aliphatic carbocycles. The van der Waals surface area contributed by atoms with E-state index < -0.39 is 0 Å². The van der Waals surface area contributed by atoms with Crippen molar-refractivity contribution < 1.29 is 0 Å². The van der Waals surface area contributed by atoms with E-state index in [1.54, 1.807) is 23.1 Å². The Hall–Kier alpha value is -0.510. The van der Waals surface area contributed by atoms with E-state index in [1.807, 2.05) is 14.1 Å². The Balaban J connectivity index is 2.82. The second-order valence-corrected chi connectivity index (χ2v) is 4.18. The maximum absolute atomic E-state index is 5.95. The number of benzene rings is 1. The summed E-state index contributed by atoms with van der Waals surface area (Å²) in [4.78, 5) is 1.79. The van der Waals surface area contributed by atoms with Crippen molar-refractivity contribution in [1.82, 2.24) is 4.90 Å². The molecule has 0 fully saturated rings. The van der Waals surface area contributed by atoms with E-state index in [9.17, 15) is 0 Å². The number of hydrogen-bond acceptors (Lipinski definition) is 1. The van der Waals surface area contributed by atoms with Gasteiger partial charge in [-0.2, -0.15) is 0 Å². The normalized spacial score (nSPS) is 9.71. The summed E-state index contributed by atoms with van der Waals surface area (Å²) in [6.07, 6.45) is 0. The van der Waals surface area contributed by atoms with Crippen LogP contribution in [0.1, 0.15) is 0 Å². The molecule has 0 spiro atoms. The zero-order valence-corrected chi connectivity index (χ0v) is 10.2. The summed E-state index contributed by atoms with van der Waals surface area (Å²) in [7, 11) is 3.72. The predicted octanol–water partition coefficient (Wildman–Crippen LogP) is 3.25. The highest BCUT2D eigenvalue weighted by atomic mass is 35.5. The SMILES string of the molecule is CN(C)C(=S)Nc1ccc(Cl)cc1Cl. The third-order valence-electron chi connectivity index (χ3n) is 1.58. The molecule has 1 N–H and O–H groups in total. The highest BCUT2D eigenvalue weighted by Crippen LogP contribution is 2.25. The van der Waals surface area contributed by atoms with Crippen molar-refractivity contribution in [2.75, 3.05) is 19.4 Å². The molecule has 0 atom stereocenters. The van der Waals surface area contributed by atoms with Gasteiger partial charge in [0, 0.05) is 19.1 Å². The van der Waals surface area contributed by atoms with Crippen LogP contribution in [0.25, 0.3) is 0 Å². The fourth-order valence-corrected chi connectivity index (χ4v) is 1.38. The van der Waals surface area contributed by atoms with Gasteiger partial charge in [-0.3, -0.25) is 0 Å². The van der Waals surface area contributed by atoms with E-state index in [4.69, 9.17) is 35.4 Å². The molecule has 0 aromatic heterocycles. The molecule has 1 aromatic rings. The van der Waals surface area contributed by atoms with Gasteiger partial charge in [0.15, 0.2) is 5.11 Å². The molecule has 0 radical (unpaired) electrons. The van der Waals surface area contributed by atoms with E-state index in [0.717, 1.165) is 5.69 Å². The van der Waals surface area contributed by atoms with Crippen LogP contribution in [-0.2, 0) is 0 Å². The molecule has 14 heavy (non-hydrogen) atoms. The first kappa shape index (κ1) is 11.6. The van der Waals surface area contributed by atoms with E-state index in [0.29, 0.717) is 15.2 Å². The van der Waals surface area contributed by atoms with Crippen molar-refractivity contribution in [3.8, 4) is 0 Å². The summed E-state index contributed by atoms with van der Waals surface area (Å²) in [6.45, 7) is 0. The van der Waals surface area contributed by atoms with E-state index >= 15 is 0 Å². The fraction of sp³-hybridized carbons (Fsp3) is 0.222. The lowest BCUT2D eigenvalue weighted by molar-refractivity contribution is 0.634. The molecular formula is C9H10Cl2N2S. The largest absolute Gasteiger partial charge is 0.355 e. The molecule has 5 heteroatoms. The quantitative estimate of drug-likeness (QED) is 0.769. The molecule has 0 saturated carbocycles. The van der Waals surface area contributed by atoms with E-state index in [1.165, 1.54) is 0 Å². The maximum Gasteiger partial charge on any atom is 0.172 e. The fourth-order valence-electron chi connectivity index (χ4n) is 0.818. The van der Waals surface area contributed by atoms with Crippen LogP contribution in [0.15, 0.2) is 18.2 Å². The van der Waals surface area contributed by atoms with Crippen LogP contribution in [0.4, 0.5) is 5.69 Å². The Morgan fingerprint density at radius 1 is 1.36 bits per heavy atom. The second-order valence-electron chi connectivity index (χ2n) is 2.95. The maximum atomic E-state index is 5.95. The van der Waals surface area contributed by atoms with Crippen LogP contribution in [0, 0.1) is 0 Å². The van der Waals surface area contributed by atoms with Crippen LogP contribution in [0.5, 0.6) is 0 Å². The molecular weight excluding hydrogens is 239 g/mol. The van der Waals surface area contributed by atoms with Gasteiger partial charge in [-0.05, 0) is 30.4 Å². The molecule has 2 nitrogen and oxygen atoms in total. The van der Waals surface area contributed by atoms with Crippen molar-refractivity contribution >= 4 is 46.2 Å². The lowest BCUT2D eigenvalue weighted by Crippen LogP contribution is -2.27. The number of nitrogens with zero attached hydrogens (tertiary/aromatic N) is 1. The molecule has 0 unspecified atom stereocenters. The van der Waals surface area contributed by atoms with E-state index in [2.05, 4.69) is 5.32 Å². The Labute approximate surface area is 98.8 Å². The van der Waals surface area contributed by atoms with Crippen LogP contribution in [-0.4, -0.2) is 24.1 Å². The first-order valence-electron chi connectivity index (χ1n) is 3.94. The molecule has 1 rings (SSSR count). The number of thiocarbonyl (C=S) groups is 1. The van der Waals surface area contributed by atoms with Gasteiger partial charge in [-0.1, -0.05) is 23.2 Å². The summed E-state index contributed by atoms with van der Waals surface area (Å²) in [5, 5.41) is 4.77. The zero-order chi connectivity index (χ0) is 10.7.